The maximum Gasteiger partial charge on any atom is 0.234 e. The highest BCUT2D eigenvalue weighted by Crippen LogP contribution is 2.25. The number of benzene rings is 2. The van der Waals surface area contributed by atoms with Gasteiger partial charge in [0.05, 0.1) is 20.8 Å². The van der Waals surface area contributed by atoms with Crippen molar-refractivity contribution < 1.29 is 18.7 Å². The molecule has 0 unspecified atom stereocenters. The van der Waals surface area contributed by atoms with E-state index in [-0.39, 0.29) is 18.3 Å². The van der Waals surface area contributed by atoms with Crippen LogP contribution in [0.1, 0.15) is 11.1 Å². The third-order valence-electron chi connectivity index (χ3n) is 3.75. The van der Waals surface area contributed by atoms with E-state index in [0.717, 1.165) is 22.6 Å². The van der Waals surface area contributed by atoms with E-state index in [1.165, 1.54) is 12.1 Å². The first-order valence-electron chi connectivity index (χ1n) is 7.92. The van der Waals surface area contributed by atoms with Crippen LogP contribution in [0, 0.1) is 5.82 Å². The summed E-state index contributed by atoms with van der Waals surface area (Å²) < 4.78 is 23.4. The van der Waals surface area contributed by atoms with Gasteiger partial charge in [-0.25, -0.2) is 4.39 Å². The van der Waals surface area contributed by atoms with E-state index in [4.69, 9.17) is 9.47 Å². The van der Waals surface area contributed by atoms with Crippen molar-refractivity contribution in [2.24, 2.45) is 0 Å². The zero-order chi connectivity index (χ0) is 18.2. The topological polar surface area (TPSA) is 50.8 Å². The normalized spacial score (nSPS) is 10.6. The first-order chi connectivity index (χ1) is 12.0. The van der Waals surface area contributed by atoms with Crippen molar-refractivity contribution in [3.63, 3.8) is 0 Å². The summed E-state index contributed by atoms with van der Waals surface area (Å²) in [6.07, 6.45) is 0. The average Bonchev–Trinajstić information content (AvgIpc) is 2.61. The number of carbonyl (C=O) groups is 1. The maximum atomic E-state index is 12.9. The van der Waals surface area contributed by atoms with Gasteiger partial charge in [-0.2, -0.15) is 0 Å². The Morgan fingerprint density at radius 2 is 1.84 bits per heavy atom. The fraction of sp³-hybridized carbons (Fsp3) is 0.316. The predicted octanol–water partition coefficient (Wildman–Crippen LogP) is 2.59. The monoisotopic (exact) mass is 346 g/mol. The first-order valence-corrected chi connectivity index (χ1v) is 7.92. The zero-order valence-corrected chi connectivity index (χ0v) is 14.7. The SMILES string of the molecule is COc1ccc(CN(C)CC(=O)NCc2ccc(F)cc2)c(OC)c1. The molecular weight excluding hydrogens is 323 g/mol. The summed E-state index contributed by atoms with van der Waals surface area (Å²) in [5, 5.41) is 2.83. The van der Waals surface area contributed by atoms with Crippen LogP contribution >= 0.6 is 0 Å². The molecule has 0 radical (unpaired) electrons. The Morgan fingerprint density at radius 3 is 2.48 bits per heavy atom. The third-order valence-corrected chi connectivity index (χ3v) is 3.75. The fourth-order valence-electron chi connectivity index (χ4n) is 2.43. The molecule has 1 amide bonds. The van der Waals surface area contributed by atoms with Crippen LogP contribution in [0.3, 0.4) is 0 Å². The Balaban J connectivity index is 1.85. The molecule has 0 spiro atoms. The van der Waals surface area contributed by atoms with Crippen LogP contribution in [0.25, 0.3) is 0 Å². The Morgan fingerprint density at radius 1 is 1.12 bits per heavy atom. The number of likely N-dealkylation sites (N-methyl/N-ethyl adjacent to an activating group) is 1. The second kappa shape index (κ2) is 9.03. The van der Waals surface area contributed by atoms with E-state index < -0.39 is 0 Å². The molecule has 0 aliphatic heterocycles. The van der Waals surface area contributed by atoms with Gasteiger partial charge in [0.2, 0.25) is 5.91 Å². The van der Waals surface area contributed by atoms with E-state index in [1.807, 2.05) is 30.1 Å². The average molecular weight is 346 g/mol. The molecule has 0 bridgehead atoms. The minimum atomic E-state index is -0.289. The van der Waals surface area contributed by atoms with Crippen molar-refractivity contribution in [3.05, 3.63) is 59.4 Å². The molecule has 2 aromatic carbocycles. The van der Waals surface area contributed by atoms with Crippen LogP contribution in [-0.2, 0) is 17.9 Å². The minimum Gasteiger partial charge on any atom is -0.497 e. The lowest BCUT2D eigenvalue weighted by Crippen LogP contribution is -2.34. The standard InChI is InChI=1S/C19H23FN2O3/c1-22(12-15-6-9-17(24-2)10-18(15)25-3)13-19(23)21-11-14-4-7-16(20)8-5-14/h4-10H,11-13H2,1-3H3,(H,21,23). The molecule has 0 atom stereocenters. The number of halogens is 1. The summed E-state index contributed by atoms with van der Waals surface area (Å²) in [7, 11) is 5.07. The van der Waals surface area contributed by atoms with Crippen LogP contribution in [0.4, 0.5) is 4.39 Å². The van der Waals surface area contributed by atoms with Crippen LogP contribution < -0.4 is 14.8 Å². The Labute approximate surface area is 147 Å². The summed E-state index contributed by atoms with van der Waals surface area (Å²) in [6.45, 7) is 1.19. The van der Waals surface area contributed by atoms with Gasteiger partial charge < -0.3 is 14.8 Å². The van der Waals surface area contributed by atoms with E-state index in [9.17, 15) is 9.18 Å². The second-order valence-corrected chi connectivity index (χ2v) is 5.75. The molecule has 0 heterocycles. The van der Waals surface area contributed by atoms with Crippen LogP contribution in [-0.4, -0.2) is 38.6 Å². The van der Waals surface area contributed by atoms with Gasteiger partial charge in [0.25, 0.3) is 0 Å². The molecule has 2 aromatic rings. The fourth-order valence-corrected chi connectivity index (χ4v) is 2.43. The lowest BCUT2D eigenvalue weighted by atomic mass is 10.1. The molecule has 6 heteroatoms. The highest BCUT2D eigenvalue weighted by atomic mass is 19.1. The molecule has 1 N–H and O–H groups in total. The number of carbonyl (C=O) groups excluding carboxylic acids is 1. The lowest BCUT2D eigenvalue weighted by Gasteiger charge is -2.18. The number of hydrogen-bond donors (Lipinski definition) is 1. The van der Waals surface area contributed by atoms with Gasteiger partial charge in [-0.15, -0.1) is 0 Å². The van der Waals surface area contributed by atoms with Crippen molar-refractivity contribution >= 4 is 5.91 Å². The Kier molecular flexibility index (Phi) is 6.77. The molecule has 25 heavy (non-hydrogen) atoms. The van der Waals surface area contributed by atoms with Crippen molar-refractivity contribution in [2.75, 3.05) is 27.8 Å². The highest BCUT2D eigenvalue weighted by Gasteiger charge is 2.11. The molecule has 0 fully saturated rings. The number of nitrogens with one attached hydrogen (secondary N) is 1. The molecule has 0 aliphatic carbocycles. The van der Waals surface area contributed by atoms with Crippen LogP contribution in [0.15, 0.2) is 42.5 Å². The van der Waals surface area contributed by atoms with E-state index >= 15 is 0 Å². The summed E-state index contributed by atoms with van der Waals surface area (Å²) in [6, 6.07) is 11.7. The number of methoxy groups -OCH3 is 2. The van der Waals surface area contributed by atoms with Crippen molar-refractivity contribution in [1.82, 2.24) is 10.2 Å². The molecular formula is C19H23FN2O3. The first kappa shape index (κ1) is 18.7. The van der Waals surface area contributed by atoms with Crippen LogP contribution in [0.2, 0.25) is 0 Å². The van der Waals surface area contributed by atoms with Gasteiger partial charge in [-0.1, -0.05) is 18.2 Å². The molecule has 5 nitrogen and oxygen atoms in total. The van der Waals surface area contributed by atoms with Crippen molar-refractivity contribution in [2.45, 2.75) is 13.1 Å². The molecule has 0 saturated heterocycles. The summed E-state index contributed by atoms with van der Waals surface area (Å²) in [5.41, 5.74) is 1.83. The summed E-state index contributed by atoms with van der Waals surface area (Å²) in [4.78, 5) is 14.0. The Bertz CT molecular complexity index is 704. The number of rotatable bonds is 8. The lowest BCUT2D eigenvalue weighted by molar-refractivity contribution is -0.122. The molecule has 0 aliphatic rings. The van der Waals surface area contributed by atoms with Gasteiger partial charge in [0, 0.05) is 24.7 Å². The largest absolute Gasteiger partial charge is 0.497 e. The summed E-state index contributed by atoms with van der Waals surface area (Å²) >= 11 is 0. The Hall–Kier alpha value is -2.60. The summed E-state index contributed by atoms with van der Waals surface area (Å²) in [5.74, 6) is 1.06. The quantitative estimate of drug-likeness (QED) is 0.798. The zero-order valence-electron chi connectivity index (χ0n) is 14.7. The minimum absolute atomic E-state index is 0.0979. The van der Waals surface area contributed by atoms with Gasteiger partial charge >= 0.3 is 0 Å². The van der Waals surface area contributed by atoms with E-state index in [2.05, 4.69) is 5.32 Å². The second-order valence-electron chi connectivity index (χ2n) is 5.75. The number of ether oxygens (including phenoxy) is 2. The smallest absolute Gasteiger partial charge is 0.234 e. The van der Waals surface area contributed by atoms with Gasteiger partial charge in [0.15, 0.2) is 0 Å². The molecule has 0 saturated carbocycles. The third kappa shape index (κ3) is 5.76. The molecule has 0 aromatic heterocycles. The van der Waals surface area contributed by atoms with E-state index in [0.29, 0.717) is 13.1 Å². The van der Waals surface area contributed by atoms with Gasteiger partial charge in [-0.05, 0) is 30.8 Å². The number of nitrogens with zero attached hydrogens (tertiary/aromatic N) is 1. The maximum absolute atomic E-state index is 12.9. The van der Waals surface area contributed by atoms with Crippen molar-refractivity contribution in [1.29, 1.82) is 0 Å². The number of amides is 1. The van der Waals surface area contributed by atoms with Gasteiger partial charge in [0.1, 0.15) is 17.3 Å². The molecule has 134 valence electrons. The predicted molar refractivity (Wildman–Crippen MR) is 94.1 cm³/mol. The number of hydrogen-bond acceptors (Lipinski definition) is 4. The highest BCUT2D eigenvalue weighted by molar-refractivity contribution is 5.77. The van der Waals surface area contributed by atoms with E-state index in [1.54, 1.807) is 26.4 Å². The van der Waals surface area contributed by atoms with Crippen molar-refractivity contribution in [3.8, 4) is 11.5 Å². The van der Waals surface area contributed by atoms with Crippen LogP contribution in [0.5, 0.6) is 11.5 Å². The van der Waals surface area contributed by atoms with Gasteiger partial charge in [-0.3, -0.25) is 9.69 Å². The molecule has 2 rings (SSSR count).